The fraction of sp³-hybridized carbons (Fsp3) is 0.0556. The highest BCUT2D eigenvalue weighted by molar-refractivity contribution is 7.09. The van der Waals surface area contributed by atoms with Crippen LogP contribution >= 0.6 is 11.3 Å². The number of hydrogen-bond acceptors (Lipinski definition) is 5. The predicted octanol–water partition coefficient (Wildman–Crippen LogP) is 4.27. The number of nitrogens with zero attached hydrogens (tertiary/aromatic N) is 2. The Labute approximate surface area is 142 Å². The van der Waals surface area contributed by atoms with Crippen molar-refractivity contribution < 1.29 is 13.9 Å². The maximum absolute atomic E-state index is 14.1. The Kier molecular flexibility index (Phi) is 4.77. The van der Waals surface area contributed by atoms with Crippen molar-refractivity contribution in [2.24, 2.45) is 0 Å². The van der Waals surface area contributed by atoms with Crippen molar-refractivity contribution in [3.63, 3.8) is 0 Å². The van der Waals surface area contributed by atoms with Gasteiger partial charge in [0.05, 0.1) is 10.7 Å². The number of benzene rings is 1. The number of rotatable bonds is 4. The maximum Gasteiger partial charge on any atom is 0.336 e. The van der Waals surface area contributed by atoms with Gasteiger partial charge in [0, 0.05) is 29.4 Å². The van der Waals surface area contributed by atoms with Gasteiger partial charge in [-0.15, -0.1) is 11.3 Å². The molecule has 3 rings (SSSR count). The van der Waals surface area contributed by atoms with E-state index in [0.29, 0.717) is 11.3 Å². The smallest absolute Gasteiger partial charge is 0.336 e. The molecule has 120 valence electrons. The van der Waals surface area contributed by atoms with E-state index in [1.165, 1.54) is 29.5 Å². The van der Waals surface area contributed by atoms with Crippen LogP contribution in [0, 0.1) is 12.7 Å². The highest BCUT2D eigenvalue weighted by Crippen LogP contribution is 2.26. The SMILES string of the molecule is Cc1nc(-c2ccc(OC(=O)/C=C/c3ccncc3)c(F)c2)cs1. The van der Waals surface area contributed by atoms with Gasteiger partial charge in [0.1, 0.15) is 0 Å². The first-order valence-electron chi connectivity index (χ1n) is 7.14. The lowest BCUT2D eigenvalue weighted by molar-refractivity contribution is -0.129. The van der Waals surface area contributed by atoms with Gasteiger partial charge in [-0.2, -0.15) is 0 Å². The summed E-state index contributed by atoms with van der Waals surface area (Å²) in [5.74, 6) is -1.37. The molecule has 0 saturated heterocycles. The van der Waals surface area contributed by atoms with Crippen LogP contribution in [0.25, 0.3) is 17.3 Å². The molecule has 4 nitrogen and oxygen atoms in total. The average molecular weight is 340 g/mol. The molecule has 0 spiro atoms. The third-order valence-corrected chi connectivity index (χ3v) is 3.95. The van der Waals surface area contributed by atoms with E-state index in [0.717, 1.165) is 10.6 Å². The van der Waals surface area contributed by atoms with Crippen LogP contribution in [-0.2, 0) is 4.79 Å². The molecular weight excluding hydrogens is 327 g/mol. The summed E-state index contributed by atoms with van der Waals surface area (Å²) in [6.07, 6.45) is 6.05. The summed E-state index contributed by atoms with van der Waals surface area (Å²) in [5.41, 5.74) is 2.15. The molecule has 6 heteroatoms. The summed E-state index contributed by atoms with van der Waals surface area (Å²) in [6.45, 7) is 1.88. The van der Waals surface area contributed by atoms with Crippen molar-refractivity contribution in [3.8, 4) is 17.0 Å². The molecule has 0 amide bonds. The van der Waals surface area contributed by atoms with Gasteiger partial charge in [-0.1, -0.05) is 0 Å². The standard InChI is InChI=1S/C18H13FN2O2S/c1-12-21-16(11-24-12)14-3-4-17(15(19)10-14)23-18(22)5-2-13-6-8-20-9-7-13/h2-11H,1H3/b5-2+. The van der Waals surface area contributed by atoms with E-state index in [-0.39, 0.29) is 5.75 Å². The van der Waals surface area contributed by atoms with Crippen LogP contribution in [0.3, 0.4) is 0 Å². The Morgan fingerprint density at radius 2 is 2.04 bits per heavy atom. The van der Waals surface area contributed by atoms with E-state index in [1.807, 2.05) is 12.3 Å². The third kappa shape index (κ3) is 3.91. The molecular formula is C18H13FN2O2S. The zero-order valence-electron chi connectivity index (χ0n) is 12.8. The average Bonchev–Trinajstić information content (AvgIpc) is 3.02. The predicted molar refractivity (Wildman–Crippen MR) is 91.2 cm³/mol. The Hall–Kier alpha value is -2.86. The number of halogens is 1. The summed E-state index contributed by atoms with van der Waals surface area (Å²) in [7, 11) is 0. The van der Waals surface area contributed by atoms with Gasteiger partial charge in [-0.3, -0.25) is 4.98 Å². The second-order valence-electron chi connectivity index (χ2n) is 4.93. The Bertz CT molecular complexity index is 891. The van der Waals surface area contributed by atoms with Crippen LogP contribution in [-0.4, -0.2) is 15.9 Å². The third-order valence-electron chi connectivity index (χ3n) is 3.18. The van der Waals surface area contributed by atoms with Crippen LogP contribution in [0.2, 0.25) is 0 Å². The number of carbonyl (C=O) groups excluding carboxylic acids is 1. The summed E-state index contributed by atoms with van der Waals surface area (Å²) < 4.78 is 19.2. The summed E-state index contributed by atoms with van der Waals surface area (Å²) >= 11 is 1.49. The highest BCUT2D eigenvalue weighted by atomic mass is 32.1. The van der Waals surface area contributed by atoms with Crippen LogP contribution in [0.1, 0.15) is 10.6 Å². The Morgan fingerprint density at radius 3 is 2.71 bits per heavy atom. The van der Waals surface area contributed by atoms with Gasteiger partial charge in [0.25, 0.3) is 0 Å². The van der Waals surface area contributed by atoms with E-state index >= 15 is 0 Å². The summed E-state index contributed by atoms with van der Waals surface area (Å²) in [4.78, 5) is 20.0. The first-order valence-corrected chi connectivity index (χ1v) is 8.02. The van der Waals surface area contributed by atoms with Crippen molar-refractivity contribution >= 4 is 23.4 Å². The minimum Gasteiger partial charge on any atom is -0.420 e. The number of carbonyl (C=O) groups is 1. The minimum atomic E-state index is -0.650. The number of aryl methyl sites for hydroxylation is 1. The lowest BCUT2D eigenvalue weighted by Gasteiger charge is -2.04. The van der Waals surface area contributed by atoms with Gasteiger partial charge in [-0.25, -0.2) is 14.2 Å². The molecule has 0 N–H and O–H groups in total. The Balaban J connectivity index is 1.71. The van der Waals surface area contributed by atoms with Crippen LogP contribution in [0.4, 0.5) is 4.39 Å². The molecule has 0 saturated carbocycles. The number of ether oxygens (including phenoxy) is 1. The first kappa shape index (κ1) is 16.0. The lowest BCUT2D eigenvalue weighted by atomic mass is 10.1. The monoisotopic (exact) mass is 340 g/mol. The summed E-state index contributed by atoms with van der Waals surface area (Å²) in [5, 5.41) is 2.76. The van der Waals surface area contributed by atoms with Crippen LogP contribution in [0.15, 0.2) is 54.2 Å². The van der Waals surface area contributed by atoms with Gasteiger partial charge in [0.15, 0.2) is 11.6 Å². The molecule has 0 fully saturated rings. The molecule has 0 aliphatic carbocycles. The van der Waals surface area contributed by atoms with Crippen molar-refractivity contribution in [2.75, 3.05) is 0 Å². The number of aromatic nitrogens is 2. The minimum absolute atomic E-state index is 0.116. The van der Waals surface area contributed by atoms with Crippen molar-refractivity contribution in [1.29, 1.82) is 0 Å². The number of pyridine rings is 1. The Morgan fingerprint density at radius 1 is 1.25 bits per heavy atom. The zero-order valence-corrected chi connectivity index (χ0v) is 13.6. The second kappa shape index (κ2) is 7.14. The summed E-state index contributed by atoms with van der Waals surface area (Å²) in [6, 6.07) is 7.90. The van der Waals surface area contributed by atoms with Gasteiger partial charge in [-0.05, 0) is 48.9 Å². The number of hydrogen-bond donors (Lipinski definition) is 0. The molecule has 2 aromatic heterocycles. The normalized spacial score (nSPS) is 10.9. The topological polar surface area (TPSA) is 52.1 Å². The molecule has 3 aromatic rings. The first-order chi connectivity index (χ1) is 11.6. The lowest BCUT2D eigenvalue weighted by Crippen LogP contribution is -2.05. The fourth-order valence-corrected chi connectivity index (χ4v) is 2.64. The largest absolute Gasteiger partial charge is 0.420 e. The molecule has 24 heavy (non-hydrogen) atoms. The molecule has 0 atom stereocenters. The van der Waals surface area contributed by atoms with Crippen LogP contribution in [0.5, 0.6) is 5.75 Å². The maximum atomic E-state index is 14.1. The van der Waals surface area contributed by atoms with Crippen molar-refractivity contribution in [1.82, 2.24) is 9.97 Å². The molecule has 1 aromatic carbocycles. The molecule has 0 bridgehead atoms. The highest BCUT2D eigenvalue weighted by Gasteiger charge is 2.10. The van der Waals surface area contributed by atoms with Crippen LogP contribution < -0.4 is 4.74 Å². The van der Waals surface area contributed by atoms with Crippen molar-refractivity contribution in [3.05, 3.63) is 70.6 Å². The molecule has 0 radical (unpaired) electrons. The fourth-order valence-electron chi connectivity index (χ4n) is 2.02. The van der Waals surface area contributed by atoms with Gasteiger partial charge in [0.2, 0.25) is 0 Å². The molecule has 2 heterocycles. The van der Waals surface area contributed by atoms with Gasteiger partial charge >= 0.3 is 5.97 Å². The van der Waals surface area contributed by atoms with E-state index in [2.05, 4.69) is 9.97 Å². The van der Waals surface area contributed by atoms with E-state index in [9.17, 15) is 9.18 Å². The molecule has 0 aliphatic heterocycles. The molecule has 0 aliphatic rings. The van der Waals surface area contributed by atoms with E-state index in [1.54, 1.807) is 36.7 Å². The van der Waals surface area contributed by atoms with Crippen molar-refractivity contribution in [2.45, 2.75) is 6.92 Å². The van der Waals surface area contributed by atoms with E-state index < -0.39 is 11.8 Å². The van der Waals surface area contributed by atoms with Gasteiger partial charge < -0.3 is 4.74 Å². The molecule has 0 unspecified atom stereocenters. The number of thiazole rings is 1. The quantitative estimate of drug-likeness (QED) is 0.404. The zero-order chi connectivity index (χ0) is 16.9. The number of esters is 1. The van der Waals surface area contributed by atoms with E-state index in [4.69, 9.17) is 4.74 Å². The second-order valence-corrected chi connectivity index (χ2v) is 5.99.